The normalized spacial score (nSPS) is 28.6. The summed E-state index contributed by atoms with van der Waals surface area (Å²) in [5, 5.41) is 0. The van der Waals surface area contributed by atoms with Gasteiger partial charge in [-0.25, -0.2) is 4.79 Å². The molecule has 4 saturated carbocycles. The molecule has 0 amide bonds. The molecule has 0 N–H and O–H groups in total. The zero-order valence-corrected chi connectivity index (χ0v) is 20.4. The van der Waals surface area contributed by atoms with Gasteiger partial charge in [-0.05, 0) is 125 Å². The Morgan fingerprint density at radius 3 is 2.19 bits per heavy atom. The molecule has 0 spiro atoms. The third-order valence-electron chi connectivity index (χ3n) is 7.82. The van der Waals surface area contributed by atoms with E-state index in [2.05, 4.69) is 46.3 Å². The van der Waals surface area contributed by atoms with Crippen molar-refractivity contribution in [3.05, 3.63) is 58.1 Å². The minimum atomic E-state index is -0.341. The van der Waals surface area contributed by atoms with Gasteiger partial charge in [-0.3, -0.25) is 0 Å². The zero-order valence-electron chi connectivity index (χ0n) is 18.9. The maximum absolute atomic E-state index is 11.8. The van der Waals surface area contributed by atoms with E-state index in [1.165, 1.54) is 48.8 Å². The Kier molecular flexibility index (Phi) is 6.16. The third-order valence-corrected chi connectivity index (χ3v) is 8.38. The molecule has 0 heterocycles. The highest BCUT2D eigenvalue weighted by molar-refractivity contribution is 9.12. The maximum Gasteiger partial charge on any atom is 0.345 e. The Morgan fingerprint density at radius 2 is 1.59 bits per heavy atom. The first kappa shape index (κ1) is 21.8. The maximum atomic E-state index is 11.8. The molecular weight excluding hydrogens is 464 g/mol. The molecule has 4 bridgehead atoms. The number of esters is 1. The first-order chi connectivity index (χ1) is 15.6. The van der Waals surface area contributed by atoms with E-state index in [0.717, 1.165) is 35.0 Å². The molecule has 2 aromatic rings. The van der Waals surface area contributed by atoms with Crippen LogP contribution in [0.1, 0.15) is 56.1 Å². The van der Waals surface area contributed by atoms with Crippen LogP contribution < -0.4 is 4.74 Å². The van der Waals surface area contributed by atoms with Crippen LogP contribution in [0.15, 0.2) is 46.9 Å². The summed E-state index contributed by atoms with van der Waals surface area (Å²) in [6, 6.07) is 15.0. The largest absolute Gasteiger partial charge is 0.496 e. The molecule has 168 valence electrons. The number of halogens is 1. The van der Waals surface area contributed by atoms with E-state index in [0.29, 0.717) is 17.0 Å². The molecule has 6 rings (SSSR count). The van der Waals surface area contributed by atoms with Crippen LogP contribution in [0.5, 0.6) is 5.75 Å². The second-order valence-corrected chi connectivity index (χ2v) is 10.6. The van der Waals surface area contributed by atoms with Gasteiger partial charge in [0.2, 0.25) is 0 Å². The fourth-order valence-corrected chi connectivity index (χ4v) is 7.16. The summed E-state index contributed by atoms with van der Waals surface area (Å²) in [6.45, 7) is 2.17. The molecule has 0 unspecified atom stereocenters. The summed E-state index contributed by atoms with van der Waals surface area (Å²) >= 11 is 3.32. The van der Waals surface area contributed by atoms with E-state index in [1.54, 1.807) is 20.1 Å². The lowest BCUT2D eigenvalue weighted by Crippen LogP contribution is -2.43. The second-order valence-electron chi connectivity index (χ2n) is 9.75. The first-order valence-electron chi connectivity index (χ1n) is 11.9. The standard InChI is InChI=1S/C28H31BrO3/c1-3-32-28(30)25(29)15-17-4-6-20(7-5-17)21-8-9-26(31-2)24(16-21)27-22-11-18-10-19(13-22)14-23(27)12-18/h4-9,15-16,18-19,22-23,27H,3,10-14H2,1-2H3. The molecule has 0 aliphatic heterocycles. The number of ether oxygens (including phenoxy) is 2. The van der Waals surface area contributed by atoms with E-state index >= 15 is 0 Å². The van der Waals surface area contributed by atoms with Crippen LogP contribution in [-0.4, -0.2) is 19.7 Å². The predicted octanol–water partition coefficient (Wildman–Crippen LogP) is 7.20. The lowest BCUT2D eigenvalue weighted by atomic mass is 9.50. The molecule has 4 aliphatic carbocycles. The molecule has 4 fully saturated rings. The molecule has 4 aliphatic rings. The Labute approximate surface area is 199 Å². The number of methoxy groups -OCH3 is 1. The monoisotopic (exact) mass is 494 g/mol. The fourth-order valence-electron chi connectivity index (χ4n) is 6.78. The molecular formula is C28H31BrO3. The highest BCUT2D eigenvalue weighted by Crippen LogP contribution is 2.60. The smallest absolute Gasteiger partial charge is 0.345 e. The molecule has 3 nitrogen and oxygen atoms in total. The molecule has 0 saturated heterocycles. The van der Waals surface area contributed by atoms with Crippen molar-refractivity contribution >= 4 is 28.0 Å². The van der Waals surface area contributed by atoms with Gasteiger partial charge in [0, 0.05) is 0 Å². The second kappa shape index (κ2) is 9.05. The van der Waals surface area contributed by atoms with E-state index in [9.17, 15) is 4.79 Å². The van der Waals surface area contributed by atoms with Crippen LogP contribution >= 0.6 is 15.9 Å². The topological polar surface area (TPSA) is 35.5 Å². The summed E-state index contributed by atoms with van der Waals surface area (Å²) in [4.78, 5) is 11.8. The van der Waals surface area contributed by atoms with Gasteiger partial charge < -0.3 is 9.47 Å². The molecule has 0 radical (unpaired) electrons. The lowest BCUT2D eigenvalue weighted by Gasteiger charge is -2.54. The van der Waals surface area contributed by atoms with Crippen LogP contribution in [0.2, 0.25) is 0 Å². The highest BCUT2D eigenvalue weighted by atomic mass is 79.9. The van der Waals surface area contributed by atoms with Crippen LogP contribution in [0, 0.1) is 23.7 Å². The minimum absolute atomic E-state index is 0.341. The molecule has 32 heavy (non-hydrogen) atoms. The summed E-state index contributed by atoms with van der Waals surface area (Å²) in [7, 11) is 1.80. The van der Waals surface area contributed by atoms with Crippen molar-refractivity contribution in [2.75, 3.05) is 13.7 Å². The van der Waals surface area contributed by atoms with Gasteiger partial charge in [-0.2, -0.15) is 0 Å². The zero-order chi connectivity index (χ0) is 22.2. The van der Waals surface area contributed by atoms with Gasteiger partial charge in [0.1, 0.15) is 10.2 Å². The van der Waals surface area contributed by atoms with Gasteiger partial charge in [-0.1, -0.05) is 30.3 Å². The number of hydrogen-bond acceptors (Lipinski definition) is 3. The first-order valence-corrected chi connectivity index (χ1v) is 12.7. The van der Waals surface area contributed by atoms with Gasteiger partial charge >= 0.3 is 5.97 Å². The Balaban J connectivity index is 1.42. The Bertz CT molecular complexity index is 995. The summed E-state index contributed by atoms with van der Waals surface area (Å²) in [5.41, 5.74) is 4.79. The van der Waals surface area contributed by atoms with Crippen molar-refractivity contribution in [3.8, 4) is 16.9 Å². The number of benzene rings is 2. The number of carbonyl (C=O) groups is 1. The number of carbonyl (C=O) groups excluding carboxylic acids is 1. The van der Waals surface area contributed by atoms with E-state index in [-0.39, 0.29) is 5.97 Å². The molecule has 0 aromatic heterocycles. The summed E-state index contributed by atoms with van der Waals surface area (Å²) in [6.07, 6.45) is 8.89. The third kappa shape index (κ3) is 4.14. The van der Waals surface area contributed by atoms with Crippen molar-refractivity contribution in [1.29, 1.82) is 0 Å². The average molecular weight is 495 g/mol. The van der Waals surface area contributed by atoms with Crippen molar-refractivity contribution in [2.45, 2.75) is 44.9 Å². The quantitative estimate of drug-likeness (QED) is 0.314. The van der Waals surface area contributed by atoms with Crippen LogP contribution in [0.25, 0.3) is 17.2 Å². The Hall–Kier alpha value is -2.07. The molecule has 2 aromatic carbocycles. The fraction of sp³-hybridized carbons (Fsp3) is 0.464. The summed E-state index contributed by atoms with van der Waals surface area (Å²) < 4.78 is 11.3. The average Bonchev–Trinajstić information content (AvgIpc) is 2.79. The van der Waals surface area contributed by atoms with Crippen LogP contribution in [0.4, 0.5) is 0 Å². The minimum Gasteiger partial charge on any atom is -0.496 e. The number of hydrogen-bond donors (Lipinski definition) is 0. The van der Waals surface area contributed by atoms with Gasteiger partial charge in [-0.15, -0.1) is 0 Å². The SMILES string of the molecule is CCOC(=O)C(Br)=Cc1ccc(-c2ccc(OC)c(C3C4CC5CC(C4)CC3C5)c2)cc1. The lowest BCUT2D eigenvalue weighted by molar-refractivity contribution is -0.137. The van der Waals surface area contributed by atoms with Crippen LogP contribution in [0.3, 0.4) is 0 Å². The molecule has 4 heteroatoms. The molecule has 0 atom stereocenters. The van der Waals surface area contributed by atoms with Crippen molar-refractivity contribution in [1.82, 2.24) is 0 Å². The predicted molar refractivity (Wildman–Crippen MR) is 132 cm³/mol. The number of rotatable bonds is 6. The van der Waals surface area contributed by atoms with E-state index in [4.69, 9.17) is 9.47 Å². The van der Waals surface area contributed by atoms with Crippen molar-refractivity contribution < 1.29 is 14.3 Å². The van der Waals surface area contributed by atoms with Crippen LogP contribution in [-0.2, 0) is 9.53 Å². The van der Waals surface area contributed by atoms with Gasteiger partial charge in [0.25, 0.3) is 0 Å². The highest BCUT2D eigenvalue weighted by Gasteiger charge is 2.49. The van der Waals surface area contributed by atoms with Gasteiger partial charge in [0.15, 0.2) is 0 Å². The van der Waals surface area contributed by atoms with Gasteiger partial charge in [0.05, 0.1) is 13.7 Å². The summed E-state index contributed by atoms with van der Waals surface area (Å²) in [5.74, 6) is 4.93. The van der Waals surface area contributed by atoms with E-state index in [1.807, 2.05) is 12.1 Å². The Morgan fingerprint density at radius 1 is 0.969 bits per heavy atom. The van der Waals surface area contributed by atoms with E-state index < -0.39 is 0 Å². The van der Waals surface area contributed by atoms with Crippen molar-refractivity contribution in [2.24, 2.45) is 23.7 Å². The van der Waals surface area contributed by atoms with Crippen molar-refractivity contribution in [3.63, 3.8) is 0 Å².